The number of amides is 1. The lowest BCUT2D eigenvalue weighted by molar-refractivity contribution is -0.133. The van der Waals surface area contributed by atoms with Gasteiger partial charge in [-0.15, -0.1) is 0 Å². The highest BCUT2D eigenvalue weighted by Crippen LogP contribution is 2.37. The molecule has 28 heavy (non-hydrogen) atoms. The molecule has 2 aliphatic rings. The van der Waals surface area contributed by atoms with E-state index in [0.717, 1.165) is 39.6 Å². The van der Waals surface area contributed by atoms with Crippen molar-refractivity contribution < 1.29 is 4.79 Å². The summed E-state index contributed by atoms with van der Waals surface area (Å²) in [5, 5.41) is 5.37. The summed E-state index contributed by atoms with van der Waals surface area (Å²) in [7, 11) is 0. The van der Waals surface area contributed by atoms with Gasteiger partial charge in [0.25, 0.3) is 0 Å². The van der Waals surface area contributed by atoms with Gasteiger partial charge >= 0.3 is 0 Å². The molecule has 2 aromatic heterocycles. The third kappa shape index (κ3) is 3.45. The second-order valence-electron chi connectivity index (χ2n) is 7.21. The van der Waals surface area contributed by atoms with Gasteiger partial charge in [0.2, 0.25) is 5.91 Å². The summed E-state index contributed by atoms with van der Waals surface area (Å²) in [6.45, 7) is 4.55. The van der Waals surface area contributed by atoms with Crippen LogP contribution in [0.4, 0.5) is 5.82 Å². The number of carbonyl (C=O) groups excluding carboxylic acids is 1. The molecular formula is C20H23IN6O. The van der Waals surface area contributed by atoms with Crippen molar-refractivity contribution in [3.8, 4) is 0 Å². The Morgan fingerprint density at radius 3 is 2.86 bits per heavy atom. The highest BCUT2D eigenvalue weighted by molar-refractivity contribution is 14.1. The summed E-state index contributed by atoms with van der Waals surface area (Å²) in [5.74, 6) is 0.446. The Labute approximate surface area is 177 Å². The number of anilines is 1. The number of fused-ring (bicyclic) bond motifs is 1. The van der Waals surface area contributed by atoms with Crippen molar-refractivity contribution >= 4 is 45.3 Å². The first-order valence-electron chi connectivity index (χ1n) is 9.54. The zero-order valence-corrected chi connectivity index (χ0v) is 18.1. The molecule has 1 saturated carbocycles. The van der Waals surface area contributed by atoms with Crippen molar-refractivity contribution in [1.82, 2.24) is 24.6 Å². The topological polar surface area (TPSA) is 89.9 Å². The van der Waals surface area contributed by atoms with Gasteiger partial charge in [-0.05, 0) is 60.4 Å². The molecule has 1 atom stereocenters. The van der Waals surface area contributed by atoms with Gasteiger partial charge in [-0.25, -0.2) is 14.6 Å². The molecule has 2 aromatic rings. The van der Waals surface area contributed by atoms with Gasteiger partial charge in [0.1, 0.15) is 15.8 Å². The van der Waals surface area contributed by atoms with E-state index in [9.17, 15) is 4.79 Å². The fraction of sp³-hybridized carbons (Fsp3) is 0.400. The smallest absolute Gasteiger partial charge is 0.234 e. The maximum Gasteiger partial charge on any atom is 0.234 e. The quantitative estimate of drug-likeness (QED) is 0.649. The van der Waals surface area contributed by atoms with E-state index in [4.69, 9.17) is 5.73 Å². The third-order valence-electron chi connectivity index (χ3n) is 5.15. The molecule has 8 heteroatoms. The average Bonchev–Trinajstić information content (AvgIpc) is 3.44. The minimum Gasteiger partial charge on any atom is -0.383 e. The number of allylic oxidation sites excluding steroid dienone is 5. The summed E-state index contributed by atoms with van der Waals surface area (Å²) in [6.07, 6.45) is 12.8. The Bertz CT molecular complexity index is 1020. The van der Waals surface area contributed by atoms with Gasteiger partial charge < -0.3 is 10.6 Å². The van der Waals surface area contributed by atoms with Gasteiger partial charge in [0, 0.05) is 11.7 Å². The van der Waals surface area contributed by atoms with Crippen LogP contribution in [0, 0.1) is 9.62 Å². The molecule has 0 spiro atoms. The predicted molar refractivity (Wildman–Crippen MR) is 117 cm³/mol. The lowest BCUT2D eigenvalue weighted by Crippen LogP contribution is -2.41. The van der Waals surface area contributed by atoms with Crippen molar-refractivity contribution in [2.45, 2.75) is 45.7 Å². The normalized spacial score (nSPS) is 21.9. The van der Waals surface area contributed by atoms with Crippen LogP contribution in [0.25, 0.3) is 11.0 Å². The van der Waals surface area contributed by atoms with Crippen LogP contribution in [0.5, 0.6) is 0 Å². The number of halogens is 1. The molecule has 1 aliphatic carbocycles. The molecule has 0 radical (unpaired) electrons. The fourth-order valence-corrected chi connectivity index (χ4v) is 4.28. The molecule has 2 N–H and O–H groups in total. The van der Waals surface area contributed by atoms with Crippen molar-refractivity contribution in [2.24, 2.45) is 5.92 Å². The van der Waals surface area contributed by atoms with Gasteiger partial charge in [0.05, 0.1) is 17.8 Å². The Morgan fingerprint density at radius 1 is 1.36 bits per heavy atom. The number of carbonyl (C=O) groups is 1. The maximum absolute atomic E-state index is 13.1. The van der Waals surface area contributed by atoms with Crippen LogP contribution in [0.1, 0.15) is 33.1 Å². The number of nitrogens with zero attached hydrogens (tertiary/aromatic N) is 5. The minimum absolute atomic E-state index is 0.140. The van der Waals surface area contributed by atoms with Gasteiger partial charge in [-0.2, -0.15) is 5.10 Å². The molecule has 1 unspecified atom stereocenters. The van der Waals surface area contributed by atoms with E-state index in [1.165, 1.54) is 6.33 Å². The summed E-state index contributed by atoms with van der Waals surface area (Å²) < 4.78 is 2.58. The summed E-state index contributed by atoms with van der Waals surface area (Å²) in [5.41, 5.74) is 8.69. The SMILES string of the molecule is CC/C=C\C=C1\C=C(Cn2nc(I)c3c(N)ncnc32)N(C2CC2)C(=O)C1C. The maximum atomic E-state index is 13.1. The fourth-order valence-electron chi connectivity index (χ4n) is 3.51. The van der Waals surface area contributed by atoms with Crippen LogP contribution < -0.4 is 5.73 Å². The molecule has 0 bridgehead atoms. The van der Waals surface area contributed by atoms with Gasteiger partial charge in [-0.1, -0.05) is 25.2 Å². The predicted octanol–water partition coefficient (Wildman–Crippen LogP) is 3.43. The molecule has 1 aliphatic heterocycles. The zero-order valence-electron chi connectivity index (χ0n) is 16.0. The van der Waals surface area contributed by atoms with E-state index in [0.29, 0.717) is 24.1 Å². The third-order valence-corrected chi connectivity index (χ3v) is 5.91. The number of nitrogens with two attached hydrogens (primary N) is 1. The highest BCUT2D eigenvalue weighted by atomic mass is 127. The summed E-state index contributed by atoms with van der Waals surface area (Å²) in [6, 6.07) is 0.300. The molecule has 1 fully saturated rings. The second kappa shape index (κ2) is 7.65. The van der Waals surface area contributed by atoms with Crippen LogP contribution >= 0.6 is 22.6 Å². The van der Waals surface area contributed by atoms with E-state index in [2.05, 4.69) is 56.7 Å². The first kappa shape index (κ1) is 19.1. The Kier molecular flexibility index (Phi) is 5.22. The summed E-state index contributed by atoms with van der Waals surface area (Å²) in [4.78, 5) is 23.5. The number of aromatic nitrogens is 4. The molecule has 0 saturated heterocycles. The largest absolute Gasteiger partial charge is 0.383 e. The minimum atomic E-state index is -0.140. The molecular weight excluding hydrogens is 467 g/mol. The first-order chi connectivity index (χ1) is 13.5. The van der Waals surface area contributed by atoms with Crippen LogP contribution in [0.15, 0.2) is 41.9 Å². The van der Waals surface area contributed by atoms with Crippen LogP contribution in [0.2, 0.25) is 0 Å². The van der Waals surface area contributed by atoms with E-state index in [1.54, 1.807) is 0 Å². The molecule has 3 heterocycles. The van der Waals surface area contributed by atoms with Crippen LogP contribution in [0.3, 0.4) is 0 Å². The van der Waals surface area contributed by atoms with Gasteiger partial charge in [0.15, 0.2) is 5.65 Å². The standard InChI is InChI=1S/C20H23IN6O/c1-3-4-5-6-13-9-15(27(14-7-8-14)20(28)12(13)2)10-26-19-16(17(21)25-26)18(22)23-11-24-19/h4-6,9,11-12,14H,3,7-8,10H2,1-2H3,(H2,22,23,24)/b5-4-,13-6-. The molecule has 7 nitrogen and oxygen atoms in total. The molecule has 0 aromatic carbocycles. The van der Waals surface area contributed by atoms with Crippen LogP contribution in [-0.2, 0) is 11.3 Å². The van der Waals surface area contributed by atoms with Crippen molar-refractivity contribution in [3.63, 3.8) is 0 Å². The number of hydrogen-bond donors (Lipinski definition) is 1. The molecule has 1 amide bonds. The highest BCUT2D eigenvalue weighted by Gasteiger charge is 2.40. The average molecular weight is 490 g/mol. The Balaban J connectivity index is 1.76. The van der Waals surface area contributed by atoms with Crippen molar-refractivity contribution in [2.75, 3.05) is 5.73 Å². The van der Waals surface area contributed by atoms with Crippen LogP contribution in [-0.4, -0.2) is 36.6 Å². The molecule has 146 valence electrons. The number of hydrogen-bond acceptors (Lipinski definition) is 5. The van der Waals surface area contributed by atoms with Gasteiger partial charge in [-0.3, -0.25) is 4.79 Å². The monoisotopic (exact) mass is 490 g/mol. The van der Waals surface area contributed by atoms with E-state index in [1.807, 2.05) is 28.7 Å². The lowest BCUT2D eigenvalue weighted by atomic mass is 9.93. The zero-order chi connectivity index (χ0) is 19.8. The number of rotatable bonds is 5. The van der Waals surface area contributed by atoms with E-state index < -0.39 is 0 Å². The van der Waals surface area contributed by atoms with Crippen molar-refractivity contribution in [3.05, 3.63) is 45.6 Å². The first-order valence-corrected chi connectivity index (χ1v) is 10.6. The Morgan fingerprint density at radius 2 is 2.14 bits per heavy atom. The van der Waals surface area contributed by atoms with E-state index in [-0.39, 0.29) is 11.8 Å². The van der Waals surface area contributed by atoms with Crippen molar-refractivity contribution in [1.29, 1.82) is 0 Å². The summed E-state index contributed by atoms with van der Waals surface area (Å²) >= 11 is 2.15. The van der Waals surface area contributed by atoms with E-state index >= 15 is 0 Å². The lowest BCUT2D eigenvalue weighted by Gasteiger charge is -2.33. The Hall–Kier alpha value is -2.23. The number of nitrogen functional groups attached to an aromatic ring is 1. The molecule has 4 rings (SSSR count). The second-order valence-corrected chi connectivity index (χ2v) is 8.23.